The lowest BCUT2D eigenvalue weighted by molar-refractivity contribution is -0.122. The molecule has 0 aromatic heterocycles. The molecule has 1 aromatic carbocycles. The lowest BCUT2D eigenvalue weighted by atomic mass is 9.81. The van der Waals surface area contributed by atoms with Gasteiger partial charge in [-0.2, -0.15) is 0 Å². The van der Waals surface area contributed by atoms with Gasteiger partial charge in [-0.3, -0.25) is 9.59 Å². The average molecular weight is 258 g/mol. The molecule has 1 aliphatic carbocycles. The highest BCUT2D eigenvalue weighted by Gasteiger charge is 2.49. The zero-order valence-corrected chi connectivity index (χ0v) is 11.1. The third-order valence-electron chi connectivity index (χ3n) is 4.27. The molecule has 0 spiro atoms. The second kappa shape index (κ2) is 4.37. The largest absolute Gasteiger partial charge is 0.397 e. The van der Waals surface area contributed by atoms with Gasteiger partial charge in [0.25, 0.3) is 0 Å². The van der Waals surface area contributed by atoms with Gasteiger partial charge in [-0.25, -0.2) is 4.90 Å². The minimum Gasteiger partial charge on any atom is -0.397 e. The van der Waals surface area contributed by atoms with E-state index in [1.807, 2.05) is 13.0 Å². The van der Waals surface area contributed by atoms with Gasteiger partial charge in [0.05, 0.1) is 23.2 Å². The van der Waals surface area contributed by atoms with Crippen molar-refractivity contribution in [3.05, 3.63) is 23.8 Å². The van der Waals surface area contributed by atoms with Crippen molar-refractivity contribution in [1.29, 1.82) is 0 Å². The highest BCUT2D eigenvalue weighted by atomic mass is 16.2. The second-order valence-corrected chi connectivity index (χ2v) is 5.57. The fourth-order valence-electron chi connectivity index (χ4n) is 3.28. The first-order chi connectivity index (χ1) is 9.09. The van der Waals surface area contributed by atoms with Gasteiger partial charge >= 0.3 is 0 Å². The number of carbonyl (C=O) groups excluding carboxylic acids is 2. The molecule has 1 aliphatic heterocycles. The van der Waals surface area contributed by atoms with E-state index in [4.69, 9.17) is 5.73 Å². The first kappa shape index (κ1) is 12.2. The van der Waals surface area contributed by atoms with Gasteiger partial charge in [0, 0.05) is 0 Å². The van der Waals surface area contributed by atoms with Crippen LogP contribution in [0.25, 0.3) is 0 Å². The Balaban J connectivity index is 2.00. The number of rotatable bonds is 1. The van der Waals surface area contributed by atoms with Crippen LogP contribution in [0.1, 0.15) is 31.2 Å². The third kappa shape index (κ3) is 1.82. The lowest BCUT2D eigenvalue weighted by Crippen LogP contribution is -2.31. The Bertz CT molecular complexity index is 529. The summed E-state index contributed by atoms with van der Waals surface area (Å²) in [7, 11) is 0. The number of amides is 2. The van der Waals surface area contributed by atoms with Crippen molar-refractivity contribution < 1.29 is 9.59 Å². The molecule has 2 atom stereocenters. The van der Waals surface area contributed by atoms with Gasteiger partial charge in [0.15, 0.2) is 0 Å². The lowest BCUT2D eigenvalue weighted by Gasteiger charge is -2.19. The topological polar surface area (TPSA) is 63.4 Å². The summed E-state index contributed by atoms with van der Waals surface area (Å²) >= 11 is 0. The normalized spacial score (nSPS) is 26.7. The van der Waals surface area contributed by atoms with Crippen LogP contribution in [0.3, 0.4) is 0 Å². The molecule has 19 heavy (non-hydrogen) atoms. The summed E-state index contributed by atoms with van der Waals surface area (Å²) in [6.07, 6.45) is 3.74. The van der Waals surface area contributed by atoms with Gasteiger partial charge in [-0.05, 0) is 37.5 Å². The highest BCUT2D eigenvalue weighted by molar-refractivity contribution is 6.23. The summed E-state index contributed by atoms with van der Waals surface area (Å²) in [5.74, 6) is -0.376. The number of imide groups is 1. The molecule has 1 saturated carbocycles. The molecule has 1 heterocycles. The molecule has 0 radical (unpaired) electrons. The van der Waals surface area contributed by atoms with Gasteiger partial charge < -0.3 is 5.73 Å². The Kier molecular flexibility index (Phi) is 2.81. The number of aryl methyl sites for hydroxylation is 1. The second-order valence-electron chi connectivity index (χ2n) is 5.57. The Hall–Kier alpha value is -1.84. The minimum absolute atomic E-state index is 0.0646. The number of nitrogen functional groups attached to an aromatic ring is 1. The van der Waals surface area contributed by atoms with Crippen LogP contribution in [-0.2, 0) is 9.59 Å². The molecule has 1 aromatic rings. The molecule has 2 unspecified atom stereocenters. The van der Waals surface area contributed by atoms with E-state index in [1.54, 1.807) is 12.1 Å². The fraction of sp³-hybridized carbons (Fsp3) is 0.467. The van der Waals surface area contributed by atoms with E-state index in [0.29, 0.717) is 11.4 Å². The van der Waals surface area contributed by atoms with Gasteiger partial charge in [-0.15, -0.1) is 0 Å². The summed E-state index contributed by atoms with van der Waals surface area (Å²) in [5, 5.41) is 0. The molecule has 3 rings (SSSR count). The van der Waals surface area contributed by atoms with E-state index in [1.165, 1.54) is 4.90 Å². The van der Waals surface area contributed by atoms with Crippen molar-refractivity contribution in [3.63, 3.8) is 0 Å². The fourth-order valence-corrected chi connectivity index (χ4v) is 3.28. The number of nitrogens with two attached hydrogens (primary N) is 1. The van der Waals surface area contributed by atoms with E-state index < -0.39 is 0 Å². The van der Waals surface area contributed by atoms with Crippen LogP contribution in [0.15, 0.2) is 18.2 Å². The summed E-state index contributed by atoms with van der Waals surface area (Å²) in [4.78, 5) is 26.2. The average Bonchev–Trinajstić information content (AvgIpc) is 2.64. The number of hydrogen-bond donors (Lipinski definition) is 1. The zero-order valence-electron chi connectivity index (χ0n) is 11.1. The van der Waals surface area contributed by atoms with Crippen LogP contribution in [-0.4, -0.2) is 11.8 Å². The maximum absolute atomic E-state index is 12.4. The molecule has 2 amide bonds. The smallest absolute Gasteiger partial charge is 0.237 e. The van der Waals surface area contributed by atoms with Gasteiger partial charge in [-0.1, -0.05) is 18.9 Å². The standard InChI is InChI=1S/C15H18N2O2/c1-9-6-7-13(12(16)8-9)17-14(18)10-4-2-3-5-11(10)15(17)19/h6-8,10-11H,2-5,16H2,1H3. The minimum atomic E-state index is -0.123. The first-order valence-electron chi connectivity index (χ1n) is 6.83. The van der Waals surface area contributed by atoms with Crippen molar-refractivity contribution in [2.75, 3.05) is 10.6 Å². The molecule has 2 fully saturated rings. The van der Waals surface area contributed by atoms with Crippen LogP contribution in [0.5, 0.6) is 0 Å². The van der Waals surface area contributed by atoms with Crippen molar-refractivity contribution in [2.24, 2.45) is 11.8 Å². The van der Waals surface area contributed by atoms with Crippen LogP contribution in [0.2, 0.25) is 0 Å². The first-order valence-corrected chi connectivity index (χ1v) is 6.83. The van der Waals surface area contributed by atoms with Gasteiger partial charge in [0.2, 0.25) is 11.8 Å². The molecule has 0 bridgehead atoms. The monoisotopic (exact) mass is 258 g/mol. The number of carbonyl (C=O) groups is 2. The molecule has 100 valence electrons. The summed E-state index contributed by atoms with van der Waals surface area (Å²) < 4.78 is 0. The molecular weight excluding hydrogens is 240 g/mol. The Morgan fingerprint density at radius 3 is 2.21 bits per heavy atom. The third-order valence-corrected chi connectivity index (χ3v) is 4.27. The van der Waals surface area contributed by atoms with Crippen molar-refractivity contribution in [3.8, 4) is 0 Å². The quantitative estimate of drug-likeness (QED) is 0.620. The maximum Gasteiger partial charge on any atom is 0.237 e. The molecule has 1 saturated heterocycles. The number of hydrogen-bond acceptors (Lipinski definition) is 3. The molecule has 4 heteroatoms. The Labute approximate surface area is 112 Å². The maximum atomic E-state index is 12.4. The SMILES string of the molecule is Cc1ccc(N2C(=O)C3CCCCC3C2=O)c(N)c1. The predicted molar refractivity (Wildman–Crippen MR) is 73.5 cm³/mol. The van der Waals surface area contributed by atoms with E-state index in [9.17, 15) is 9.59 Å². The molecule has 2 N–H and O–H groups in total. The van der Waals surface area contributed by atoms with Crippen LogP contribution in [0.4, 0.5) is 11.4 Å². The van der Waals surface area contributed by atoms with Crippen LogP contribution < -0.4 is 10.6 Å². The molecule has 2 aliphatic rings. The van der Waals surface area contributed by atoms with Crippen molar-refractivity contribution in [2.45, 2.75) is 32.6 Å². The van der Waals surface area contributed by atoms with Gasteiger partial charge in [0.1, 0.15) is 0 Å². The van der Waals surface area contributed by atoms with E-state index in [0.717, 1.165) is 31.2 Å². The Morgan fingerprint density at radius 1 is 1.11 bits per heavy atom. The summed E-state index contributed by atoms with van der Waals surface area (Å²) in [6, 6.07) is 5.46. The number of anilines is 2. The van der Waals surface area contributed by atoms with Crippen molar-refractivity contribution >= 4 is 23.2 Å². The number of benzene rings is 1. The van der Waals surface area contributed by atoms with Crippen LogP contribution in [0, 0.1) is 18.8 Å². The number of fused-ring (bicyclic) bond motifs is 1. The molecular formula is C15H18N2O2. The van der Waals surface area contributed by atoms with E-state index in [2.05, 4.69) is 0 Å². The predicted octanol–water partition coefficient (Wildman–Crippen LogP) is 2.26. The number of nitrogens with zero attached hydrogens (tertiary/aromatic N) is 1. The molecule has 4 nitrogen and oxygen atoms in total. The Morgan fingerprint density at radius 2 is 1.68 bits per heavy atom. The summed E-state index contributed by atoms with van der Waals surface area (Å²) in [6.45, 7) is 1.94. The van der Waals surface area contributed by atoms with Crippen molar-refractivity contribution in [1.82, 2.24) is 0 Å². The zero-order chi connectivity index (χ0) is 13.6. The van der Waals surface area contributed by atoms with E-state index >= 15 is 0 Å². The highest BCUT2D eigenvalue weighted by Crippen LogP contribution is 2.41. The van der Waals surface area contributed by atoms with Crippen LogP contribution >= 0.6 is 0 Å². The summed E-state index contributed by atoms with van der Waals surface area (Å²) in [5.41, 5.74) is 8.05. The van der Waals surface area contributed by atoms with E-state index in [-0.39, 0.29) is 23.7 Å².